The first-order chi connectivity index (χ1) is 7.67. The molecule has 2 atom stereocenters. The Morgan fingerprint density at radius 3 is 3.00 bits per heavy atom. The Kier molecular flexibility index (Phi) is 5.77. The van der Waals surface area contributed by atoms with E-state index >= 15 is 0 Å². The SMILES string of the molecule is CCCN1CCCC(CC(N)C(=O)OC)C1. The number of nitrogens with zero attached hydrogens (tertiary/aromatic N) is 1. The van der Waals surface area contributed by atoms with Crippen LogP contribution in [0, 0.1) is 5.92 Å². The summed E-state index contributed by atoms with van der Waals surface area (Å²) < 4.78 is 4.65. The number of hydrogen-bond acceptors (Lipinski definition) is 4. The van der Waals surface area contributed by atoms with Gasteiger partial charge >= 0.3 is 5.97 Å². The second-order valence-corrected chi connectivity index (χ2v) is 4.67. The van der Waals surface area contributed by atoms with Crippen LogP contribution in [0.2, 0.25) is 0 Å². The van der Waals surface area contributed by atoms with Crippen molar-refractivity contribution < 1.29 is 9.53 Å². The van der Waals surface area contributed by atoms with E-state index in [1.807, 2.05) is 0 Å². The number of carbonyl (C=O) groups is 1. The van der Waals surface area contributed by atoms with Gasteiger partial charge in [-0.2, -0.15) is 0 Å². The Labute approximate surface area is 98.1 Å². The van der Waals surface area contributed by atoms with Gasteiger partial charge in [-0.25, -0.2) is 0 Å². The van der Waals surface area contributed by atoms with Crippen LogP contribution in [0.5, 0.6) is 0 Å². The molecule has 16 heavy (non-hydrogen) atoms. The molecule has 1 heterocycles. The van der Waals surface area contributed by atoms with Gasteiger partial charge in [-0.1, -0.05) is 6.92 Å². The van der Waals surface area contributed by atoms with Crippen LogP contribution in [0.25, 0.3) is 0 Å². The van der Waals surface area contributed by atoms with E-state index in [1.165, 1.54) is 32.9 Å². The molecule has 1 rings (SSSR count). The van der Waals surface area contributed by atoms with Crippen molar-refractivity contribution in [2.24, 2.45) is 11.7 Å². The van der Waals surface area contributed by atoms with E-state index in [9.17, 15) is 4.79 Å². The summed E-state index contributed by atoms with van der Waals surface area (Å²) in [5, 5.41) is 0. The third-order valence-corrected chi connectivity index (χ3v) is 3.23. The summed E-state index contributed by atoms with van der Waals surface area (Å²) in [6.45, 7) is 5.63. The van der Waals surface area contributed by atoms with E-state index in [-0.39, 0.29) is 5.97 Å². The molecule has 1 aliphatic heterocycles. The molecule has 0 aromatic carbocycles. The van der Waals surface area contributed by atoms with Gasteiger partial charge in [-0.15, -0.1) is 0 Å². The second kappa shape index (κ2) is 6.86. The van der Waals surface area contributed by atoms with Gasteiger partial charge in [0.1, 0.15) is 6.04 Å². The molecule has 0 radical (unpaired) electrons. The van der Waals surface area contributed by atoms with E-state index < -0.39 is 6.04 Å². The molecule has 0 aliphatic carbocycles. The molecule has 2 unspecified atom stereocenters. The van der Waals surface area contributed by atoms with E-state index in [1.54, 1.807) is 0 Å². The number of ether oxygens (including phenoxy) is 1. The van der Waals surface area contributed by atoms with E-state index in [0.29, 0.717) is 5.92 Å². The number of esters is 1. The van der Waals surface area contributed by atoms with Crippen LogP contribution in [0.1, 0.15) is 32.6 Å². The number of nitrogens with two attached hydrogens (primary N) is 1. The first kappa shape index (κ1) is 13.5. The summed E-state index contributed by atoms with van der Waals surface area (Å²) in [5.41, 5.74) is 5.78. The first-order valence-electron chi connectivity index (χ1n) is 6.23. The van der Waals surface area contributed by atoms with Crippen LogP contribution in [0.3, 0.4) is 0 Å². The number of carbonyl (C=O) groups excluding carboxylic acids is 1. The topological polar surface area (TPSA) is 55.6 Å². The number of rotatable bonds is 5. The van der Waals surface area contributed by atoms with Gasteiger partial charge in [-0.05, 0) is 44.7 Å². The van der Waals surface area contributed by atoms with Gasteiger partial charge < -0.3 is 15.4 Å². The quantitative estimate of drug-likeness (QED) is 0.713. The van der Waals surface area contributed by atoms with Crippen LogP contribution in [0.15, 0.2) is 0 Å². The molecular weight excluding hydrogens is 204 g/mol. The van der Waals surface area contributed by atoms with E-state index in [2.05, 4.69) is 16.6 Å². The Hall–Kier alpha value is -0.610. The van der Waals surface area contributed by atoms with Crippen molar-refractivity contribution >= 4 is 5.97 Å². The molecule has 4 nitrogen and oxygen atoms in total. The monoisotopic (exact) mass is 228 g/mol. The fourth-order valence-electron chi connectivity index (χ4n) is 2.47. The first-order valence-corrected chi connectivity index (χ1v) is 6.23. The van der Waals surface area contributed by atoms with Gasteiger partial charge in [0.15, 0.2) is 0 Å². The molecule has 1 aliphatic rings. The van der Waals surface area contributed by atoms with Crippen molar-refractivity contribution in [2.75, 3.05) is 26.7 Å². The largest absolute Gasteiger partial charge is 0.468 e. The molecule has 0 amide bonds. The number of methoxy groups -OCH3 is 1. The highest BCUT2D eigenvalue weighted by atomic mass is 16.5. The summed E-state index contributed by atoms with van der Waals surface area (Å²) in [6.07, 6.45) is 4.35. The Morgan fingerprint density at radius 2 is 2.38 bits per heavy atom. The minimum Gasteiger partial charge on any atom is -0.468 e. The predicted molar refractivity (Wildman–Crippen MR) is 64.1 cm³/mol. The highest BCUT2D eigenvalue weighted by molar-refractivity contribution is 5.75. The van der Waals surface area contributed by atoms with Gasteiger partial charge in [0.05, 0.1) is 7.11 Å². The van der Waals surface area contributed by atoms with Crippen LogP contribution in [-0.2, 0) is 9.53 Å². The van der Waals surface area contributed by atoms with Crippen molar-refractivity contribution in [3.63, 3.8) is 0 Å². The molecule has 0 aromatic rings. The Morgan fingerprint density at radius 1 is 1.62 bits per heavy atom. The lowest BCUT2D eigenvalue weighted by atomic mass is 9.91. The predicted octanol–water partition coefficient (Wildman–Crippen LogP) is 0.999. The summed E-state index contributed by atoms with van der Waals surface area (Å²) >= 11 is 0. The van der Waals surface area contributed by atoms with Crippen LogP contribution < -0.4 is 5.73 Å². The molecule has 94 valence electrons. The van der Waals surface area contributed by atoms with Crippen molar-refractivity contribution in [3.8, 4) is 0 Å². The molecule has 4 heteroatoms. The van der Waals surface area contributed by atoms with Gasteiger partial charge in [0.2, 0.25) is 0 Å². The normalized spacial score (nSPS) is 24.1. The zero-order chi connectivity index (χ0) is 12.0. The zero-order valence-corrected chi connectivity index (χ0v) is 10.4. The average molecular weight is 228 g/mol. The fraction of sp³-hybridized carbons (Fsp3) is 0.917. The van der Waals surface area contributed by atoms with Crippen molar-refractivity contribution in [2.45, 2.75) is 38.6 Å². The standard InChI is InChI=1S/C12H24N2O2/c1-3-6-14-7-4-5-10(9-14)8-11(13)12(15)16-2/h10-11H,3-9,13H2,1-2H3. The van der Waals surface area contributed by atoms with E-state index in [4.69, 9.17) is 5.73 Å². The molecule has 0 bridgehead atoms. The Bertz CT molecular complexity index is 219. The van der Waals surface area contributed by atoms with Gasteiger partial charge in [-0.3, -0.25) is 4.79 Å². The minimum absolute atomic E-state index is 0.285. The van der Waals surface area contributed by atoms with Gasteiger partial charge in [0.25, 0.3) is 0 Å². The summed E-state index contributed by atoms with van der Waals surface area (Å²) in [4.78, 5) is 13.7. The lowest BCUT2D eigenvalue weighted by Crippen LogP contribution is -2.40. The van der Waals surface area contributed by atoms with Crippen LogP contribution >= 0.6 is 0 Å². The third kappa shape index (κ3) is 4.10. The highest BCUT2D eigenvalue weighted by Gasteiger charge is 2.24. The maximum atomic E-state index is 11.2. The maximum Gasteiger partial charge on any atom is 0.322 e. The van der Waals surface area contributed by atoms with Crippen molar-refractivity contribution in [1.29, 1.82) is 0 Å². The Balaban J connectivity index is 2.33. The zero-order valence-electron chi connectivity index (χ0n) is 10.4. The van der Waals surface area contributed by atoms with Gasteiger partial charge in [0, 0.05) is 6.54 Å². The van der Waals surface area contributed by atoms with Crippen LogP contribution in [-0.4, -0.2) is 43.7 Å². The number of piperidine rings is 1. The second-order valence-electron chi connectivity index (χ2n) is 4.67. The minimum atomic E-state index is -0.448. The summed E-state index contributed by atoms with van der Waals surface area (Å²) in [6, 6.07) is -0.448. The molecular formula is C12H24N2O2. The fourth-order valence-corrected chi connectivity index (χ4v) is 2.47. The molecule has 0 spiro atoms. The third-order valence-electron chi connectivity index (χ3n) is 3.23. The smallest absolute Gasteiger partial charge is 0.322 e. The number of hydrogen-bond donors (Lipinski definition) is 1. The van der Waals surface area contributed by atoms with Crippen molar-refractivity contribution in [3.05, 3.63) is 0 Å². The summed E-state index contributed by atoms with van der Waals surface area (Å²) in [7, 11) is 1.40. The molecule has 0 aromatic heterocycles. The average Bonchev–Trinajstić information content (AvgIpc) is 2.29. The maximum absolute atomic E-state index is 11.2. The van der Waals surface area contributed by atoms with Crippen molar-refractivity contribution in [1.82, 2.24) is 4.90 Å². The lowest BCUT2D eigenvalue weighted by molar-refractivity contribution is -0.142. The molecule has 1 saturated heterocycles. The van der Waals surface area contributed by atoms with E-state index in [0.717, 1.165) is 19.5 Å². The molecule has 1 fully saturated rings. The molecule has 0 saturated carbocycles. The van der Waals surface area contributed by atoms with Crippen LogP contribution in [0.4, 0.5) is 0 Å². The summed E-state index contributed by atoms with van der Waals surface area (Å²) in [5.74, 6) is 0.266. The molecule has 2 N–H and O–H groups in total. The highest BCUT2D eigenvalue weighted by Crippen LogP contribution is 2.20. The lowest BCUT2D eigenvalue weighted by Gasteiger charge is -2.33. The number of likely N-dealkylation sites (tertiary alicyclic amines) is 1.